The lowest BCUT2D eigenvalue weighted by Crippen LogP contribution is -2.31. The van der Waals surface area contributed by atoms with E-state index in [1.165, 1.54) is 0 Å². The summed E-state index contributed by atoms with van der Waals surface area (Å²) in [4.78, 5) is 18.9. The maximum atomic E-state index is 11.5. The summed E-state index contributed by atoms with van der Waals surface area (Å²) >= 11 is 0. The second-order valence-corrected chi connectivity index (χ2v) is 3.26. The molecule has 1 aromatic rings. The number of amides is 1. The number of rotatable bonds is 6. The quantitative estimate of drug-likeness (QED) is 0.136. The SMILES string of the molecule is C=NC(=O)/C(=C\NCNN)Cc1cccnc1.CO. The van der Waals surface area contributed by atoms with Gasteiger partial charge < -0.3 is 10.4 Å². The molecule has 0 aliphatic heterocycles. The topological polar surface area (TPSA) is 113 Å². The van der Waals surface area contributed by atoms with Crippen LogP contribution in [0, 0.1) is 0 Å². The van der Waals surface area contributed by atoms with Crippen molar-refractivity contribution in [2.45, 2.75) is 6.42 Å². The number of hydrogen-bond donors (Lipinski definition) is 4. The molecule has 1 amide bonds. The summed E-state index contributed by atoms with van der Waals surface area (Å²) in [5.74, 6) is 4.74. The molecule has 0 spiro atoms. The normalized spacial score (nSPS) is 10.2. The standard InChI is InChI=1S/C11H15N5O.CH4O/c1-13-11(17)10(7-15-8-16-12)5-9-3-2-4-14-6-9;1-2/h2-4,6-7,15-16H,1,5,8,12H2;2H,1H3/b10-7-;. The third kappa shape index (κ3) is 7.04. The van der Waals surface area contributed by atoms with Crippen LogP contribution in [0.5, 0.6) is 0 Å². The number of nitrogens with one attached hydrogen (secondary N) is 2. The smallest absolute Gasteiger partial charge is 0.274 e. The fraction of sp³-hybridized carbons (Fsp3) is 0.250. The highest BCUT2D eigenvalue weighted by Gasteiger charge is 2.08. The van der Waals surface area contributed by atoms with Gasteiger partial charge in [-0.15, -0.1) is 0 Å². The van der Waals surface area contributed by atoms with Crippen LogP contribution < -0.4 is 16.6 Å². The summed E-state index contributed by atoms with van der Waals surface area (Å²) in [6.45, 7) is 3.59. The lowest BCUT2D eigenvalue weighted by atomic mass is 10.1. The molecule has 7 heteroatoms. The molecule has 1 aromatic heterocycles. The number of aromatic nitrogens is 1. The van der Waals surface area contributed by atoms with Gasteiger partial charge in [-0.05, 0) is 18.3 Å². The average molecular weight is 265 g/mol. The van der Waals surface area contributed by atoms with E-state index in [1.54, 1.807) is 18.6 Å². The van der Waals surface area contributed by atoms with Crippen LogP contribution in [-0.4, -0.2) is 36.5 Å². The second kappa shape index (κ2) is 11.0. The van der Waals surface area contributed by atoms with Crippen molar-refractivity contribution in [2.75, 3.05) is 13.8 Å². The second-order valence-electron chi connectivity index (χ2n) is 3.26. The van der Waals surface area contributed by atoms with E-state index >= 15 is 0 Å². The Morgan fingerprint density at radius 1 is 1.63 bits per heavy atom. The number of aliphatic imine (C=N–C) groups is 1. The number of nitrogens with two attached hydrogens (primary N) is 1. The molecule has 7 nitrogen and oxygen atoms in total. The number of aliphatic hydroxyl groups excluding tert-OH is 1. The fourth-order valence-electron chi connectivity index (χ4n) is 1.25. The summed E-state index contributed by atoms with van der Waals surface area (Å²) < 4.78 is 0. The van der Waals surface area contributed by atoms with Crippen LogP contribution in [-0.2, 0) is 11.2 Å². The first-order valence-corrected chi connectivity index (χ1v) is 5.48. The van der Waals surface area contributed by atoms with Crippen LogP contribution in [0.25, 0.3) is 0 Å². The Bertz CT molecular complexity index is 406. The molecular formula is C12H19N5O2. The van der Waals surface area contributed by atoms with Gasteiger partial charge in [-0.3, -0.25) is 15.6 Å². The third-order valence-electron chi connectivity index (χ3n) is 2.02. The van der Waals surface area contributed by atoms with Gasteiger partial charge in [-0.1, -0.05) is 6.07 Å². The highest BCUT2D eigenvalue weighted by Crippen LogP contribution is 2.07. The van der Waals surface area contributed by atoms with Crippen molar-refractivity contribution in [2.24, 2.45) is 10.8 Å². The first kappa shape index (κ1) is 16.9. The van der Waals surface area contributed by atoms with Gasteiger partial charge in [0.2, 0.25) is 0 Å². The third-order valence-corrected chi connectivity index (χ3v) is 2.02. The Morgan fingerprint density at radius 2 is 2.37 bits per heavy atom. The van der Waals surface area contributed by atoms with Crippen molar-refractivity contribution in [1.82, 2.24) is 15.7 Å². The summed E-state index contributed by atoms with van der Waals surface area (Å²) in [6.07, 6.45) is 5.40. The number of carbonyl (C=O) groups excluding carboxylic acids is 1. The number of hydrazine groups is 1. The van der Waals surface area contributed by atoms with Crippen LogP contribution in [0.2, 0.25) is 0 Å². The minimum atomic E-state index is -0.363. The molecule has 0 radical (unpaired) electrons. The summed E-state index contributed by atoms with van der Waals surface area (Å²) in [7, 11) is 1.00. The Morgan fingerprint density at radius 3 is 2.89 bits per heavy atom. The molecule has 104 valence electrons. The van der Waals surface area contributed by atoms with E-state index in [4.69, 9.17) is 10.9 Å². The van der Waals surface area contributed by atoms with Gasteiger partial charge in [0.25, 0.3) is 5.91 Å². The van der Waals surface area contributed by atoms with E-state index in [9.17, 15) is 4.79 Å². The molecule has 0 bridgehead atoms. The molecule has 0 atom stereocenters. The van der Waals surface area contributed by atoms with E-state index in [2.05, 4.69) is 27.4 Å². The average Bonchev–Trinajstić information content (AvgIpc) is 2.49. The maximum Gasteiger partial charge on any atom is 0.274 e. The molecule has 0 aliphatic carbocycles. The number of aliphatic hydroxyl groups is 1. The largest absolute Gasteiger partial charge is 0.400 e. The van der Waals surface area contributed by atoms with Crippen LogP contribution in [0.1, 0.15) is 5.56 Å². The molecule has 1 rings (SSSR count). The van der Waals surface area contributed by atoms with Crippen LogP contribution in [0.15, 0.2) is 41.3 Å². The Balaban J connectivity index is 0.00000154. The van der Waals surface area contributed by atoms with Gasteiger partial charge in [0.1, 0.15) is 0 Å². The van der Waals surface area contributed by atoms with E-state index in [-0.39, 0.29) is 5.91 Å². The monoisotopic (exact) mass is 265 g/mol. The van der Waals surface area contributed by atoms with Gasteiger partial charge >= 0.3 is 0 Å². The van der Waals surface area contributed by atoms with Crippen molar-refractivity contribution in [3.05, 3.63) is 41.9 Å². The zero-order chi connectivity index (χ0) is 14.5. The zero-order valence-corrected chi connectivity index (χ0v) is 10.8. The van der Waals surface area contributed by atoms with Gasteiger partial charge in [0.15, 0.2) is 0 Å². The van der Waals surface area contributed by atoms with Gasteiger partial charge in [0, 0.05) is 37.7 Å². The summed E-state index contributed by atoms with van der Waals surface area (Å²) in [5.41, 5.74) is 3.85. The Labute approximate surface area is 112 Å². The highest BCUT2D eigenvalue weighted by molar-refractivity contribution is 5.96. The van der Waals surface area contributed by atoms with Crippen molar-refractivity contribution in [3.63, 3.8) is 0 Å². The summed E-state index contributed by atoms with van der Waals surface area (Å²) in [6, 6.07) is 3.70. The number of nitrogens with zero attached hydrogens (tertiary/aromatic N) is 2. The van der Waals surface area contributed by atoms with Gasteiger partial charge in [-0.25, -0.2) is 10.4 Å². The predicted octanol–water partition coefficient (Wildman–Crippen LogP) is -0.646. The molecule has 19 heavy (non-hydrogen) atoms. The lowest BCUT2D eigenvalue weighted by Gasteiger charge is -2.05. The molecule has 0 fully saturated rings. The molecular weight excluding hydrogens is 246 g/mol. The lowest BCUT2D eigenvalue weighted by molar-refractivity contribution is -0.114. The van der Waals surface area contributed by atoms with Crippen molar-refractivity contribution >= 4 is 12.6 Å². The van der Waals surface area contributed by atoms with Gasteiger partial charge in [-0.2, -0.15) is 0 Å². The maximum absolute atomic E-state index is 11.5. The highest BCUT2D eigenvalue weighted by atomic mass is 16.2. The minimum Gasteiger partial charge on any atom is -0.400 e. The number of carbonyl (C=O) groups is 1. The Hall–Kier alpha value is -2.09. The van der Waals surface area contributed by atoms with Crippen molar-refractivity contribution in [3.8, 4) is 0 Å². The predicted molar refractivity (Wildman–Crippen MR) is 74.0 cm³/mol. The van der Waals surface area contributed by atoms with E-state index in [0.717, 1.165) is 12.7 Å². The van der Waals surface area contributed by atoms with Crippen molar-refractivity contribution in [1.29, 1.82) is 0 Å². The van der Waals surface area contributed by atoms with E-state index in [1.807, 2.05) is 12.1 Å². The van der Waals surface area contributed by atoms with E-state index in [0.29, 0.717) is 18.7 Å². The molecule has 1 heterocycles. The van der Waals surface area contributed by atoms with Gasteiger partial charge in [0.05, 0.1) is 6.67 Å². The first-order valence-electron chi connectivity index (χ1n) is 5.48. The molecule has 0 aliphatic rings. The molecule has 0 saturated carbocycles. The molecule has 0 saturated heterocycles. The minimum absolute atomic E-state index is 0.362. The number of hydrogen-bond acceptors (Lipinski definition) is 6. The summed E-state index contributed by atoms with van der Waals surface area (Å²) in [5, 5.41) is 9.84. The van der Waals surface area contributed by atoms with Crippen molar-refractivity contribution < 1.29 is 9.90 Å². The number of pyridine rings is 1. The van der Waals surface area contributed by atoms with Crippen LogP contribution in [0.4, 0.5) is 0 Å². The molecule has 5 N–H and O–H groups in total. The molecule has 0 aromatic carbocycles. The fourth-order valence-corrected chi connectivity index (χ4v) is 1.25. The van der Waals surface area contributed by atoms with Crippen LogP contribution >= 0.6 is 0 Å². The zero-order valence-electron chi connectivity index (χ0n) is 10.8. The van der Waals surface area contributed by atoms with E-state index < -0.39 is 0 Å². The molecule has 0 unspecified atom stereocenters. The first-order chi connectivity index (χ1) is 9.27. The Kier molecular flexibility index (Phi) is 9.81. The van der Waals surface area contributed by atoms with Crippen LogP contribution in [0.3, 0.4) is 0 Å².